The molecule has 0 unspecified atom stereocenters. The van der Waals surface area contributed by atoms with Crippen molar-refractivity contribution in [3.63, 3.8) is 0 Å². The number of nitrogens with one attached hydrogen (secondary N) is 1. The number of nitro benzene ring substituents is 1. The molecule has 0 fully saturated rings. The summed E-state index contributed by atoms with van der Waals surface area (Å²) < 4.78 is 29.2. The molecule has 29 heavy (non-hydrogen) atoms. The van der Waals surface area contributed by atoms with Crippen LogP contribution < -0.4 is 14.9 Å². The van der Waals surface area contributed by atoms with E-state index in [1.807, 2.05) is 0 Å². The zero-order valence-electron chi connectivity index (χ0n) is 14.6. The monoisotopic (exact) mass is 397 g/mol. The van der Waals surface area contributed by atoms with Crippen LogP contribution in [-0.2, 0) is 0 Å². The van der Waals surface area contributed by atoms with Crippen molar-refractivity contribution in [3.05, 3.63) is 75.8 Å². The molecule has 3 aromatic rings. The molecule has 0 saturated carbocycles. The Bertz CT molecular complexity index is 1140. The second-order valence-corrected chi connectivity index (χ2v) is 5.89. The topological polar surface area (TPSA) is 116 Å². The number of nitrogens with zero attached hydrogens (tertiary/aromatic N) is 2. The van der Waals surface area contributed by atoms with Crippen molar-refractivity contribution < 1.29 is 28.0 Å². The van der Waals surface area contributed by atoms with Gasteiger partial charge in [0.05, 0.1) is 22.8 Å². The molecule has 9 nitrogen and oxygen atoms in total. The summed E-state index contributed by atoms with van der Waals surface area (Å²) in [4.78, 5) is 22.6. The zero-order valence-corrected chi connectivity index (χ0v) is 14.6. The molecule has 0 spiro atoms. The first-order valence-corrected chi connectivity index (χ1v) is 8.28. The molecule has 1 aliphatic heterocycles. The normalized spacial score (nSPS) is 12.3. The number of hydrogen-bond acceptors (Lipinski definition) is 7. The lowest BCUT2D eigenvalue weighted by Crippen LogP contribution is -2.17. The number of rotatable bonds is 5. The Hall–Kier alpha value is -4.21. The van der Waals surface area contributed by atoms with Crippen LogP contribution in [-0.4, -0.2) is 23.8 Å². The van der Waals surface area contributed by atoms with Crippen molar-refractivity contribution in [3.8, 4) is 22.8 Å². The summed E-state index contributed by atoms with van der Waals surface area (Å²) in [6.45, 7) is 0.103. The number of carbonyl (C=O) groups is 1. The van der Waals surface area contributed by atoms with Gasteiger partial charge in [-0.25, -0.2) is 9.82 Å². The molecule has 0 atom stereocenters. The Morgan fingerprint density at radius 1 is 1.14 bits per heavy atom. The lowest BCUT2D eigenvalue weighted by molar-refractivity contribution is -0.384. The molecule has 146 valence electrons. The van der Waals surface area contributed by atoms with Crippen LogP contribution in [0.2, 0.25) is 0 Å². The van der Waals surface area contributed by atoms with Gasteiger partial charge in [0.15, 0.2) is 11.5 Å². The fraction of sp³-hybridized carbons (Fsp3) is 0.0526. The van der Waals surface area contributed by atoms with E-state index in [4.69, 9.17) is 13.9 Å². The van der Waals surface area contributed by atoms with E-state index in [2.05, 4.69) is 10.5 Å². The summed E-state index contributed by atoms with van der Waals surface area (Å²) in [5.41, 5.74) is 2.38. The third-order valence-electron chi connectivity index (χ3n) is 4.04. The molecular weight excluding hydrogens is 385 g/mol. The maximum atomic E-state index is 13.3. The van der Waals surface area contributed by atoms with E-state index in [0.717, 1.165) is 12.1 Å². The zero-order chi connectivity index (χ0) is 20.4. The second kappa shape index (κ2) is 7.43. The van der Waals surface area contributed by atoms with Crippen LogP contribution in [0.1, 0.15) is 16.1 Å². The van der Waals surface area contributed by atoms with E-state index in [-0.39, 0.29) is 23.9 Å². The number of fused-ring (bicyclic) bond motifs is 1. The van der Waals surface area contributed by atoms with Crippen LogP contribution in [0, 0.1) is 15.9 Å². The molecule has 0 bridgehead atoms. The van der Waals surface area contributed by atoms with Crippen molar-refractivity contribution in [2.24, 2.45) is 5.10 Å². The summed E-state index contributed by atoms with van der Waals surface area (Å²) >= 11 is 0. The van der Waals surface area contributed by atoms with Crippen LogP contribution in [0.4, 0.5) is 10.1 Å². The molecule has 0 saturated heterocycles. The van der Waals surface area contributed by atoms with Crippen LogP contribution in [0.15, 0.2) is 58.0 Å². The minimum absolute atomic E-state index is 0.103. The number of carbonyl (C=O) groups excluding carboxylic acids is 1. The van der Waals surface area contributed by atoms with Gasteiger partial charge in [-0.05, 0) is 42.5 Å². The van der Waals surface area contributed by atoms with Gasteiger partial charge in [-0.3, -0.25) is 14.9 Å². The number of nitro groups is 1. The van der Waals surface area contributed by atoms with Crippen molar-refractivity contribution in [1.82, 2.24) is 5.43 Å². The summed E-state index contributed by atoms with van der Waals surface area (Å²) in [5, 5.41) is 14.9. The van der Waals surface area contributed by atoms with Gasteiger partial charge in [0.25, 0.3) is 11.6 Å². The first-order valence-electron chi connectivity index (χ1n) is 8.28. The minimum Gasteiger partial charge on any atom is -0.455 e. The van der Waals surface area contributed by atoms with Crippen molar-refractivity contribution in [1.29, 1.82) is 0 Å². The van der Waals surface area contributed by atoms with E-state index >= 15 is 0 Å². The molecule has 1 aromatic heterocycles. The molecule has 1 aliphatic rings. The third kappa shape index (κ3) is 3.76. The quantitative estimate of drug-likeness (QED) is 0.400. The Balaban J connectivity index is 1.46. The lowest BCUT2D eigenvalue weighted by atomic mass is 10.1. The number of furan rings is 1. The van der Waals surface area contributed by atoms with Crippen LogP contribution >= 0.6 is 0 Å². The van der Waals surface area contributed by atoms with Gasteiger partial charge in [0, 0.05) is 5.56 Å². The van der Waals surface area contributed by atoms with Gasteiger partial charge in [0.2, 0.25) is 6.79 Å². The number of halogens is 1. The number of hydrazone groups is 1. The summed E-state index contributed by atoms with van der Waals surface area (Å²) in [5.74, 6) is 0.242. The third-order valence-corrected chi connectivity index (χ3v) is 4.04. The average Bonchev–Trinajstić information content (AvgIpc) is 3.36. The number of ether oxygens (including phenoxy) is 2. The molecule has 2 aromatic carbocycles. The summed E-state index contributed by atoms with van der Waals surface area (Å²) in [6, 6.07) is 10.9. The van der Waals surface area contributed by atoms with Gasteiger partial charge in [-0.15, -0.1) is 0 Å². The van der Waals surface area contributed by atoms with Crippen molar-refractivity contribution in [2.75, 3.05) is 6.79 Å². The van der Waals surface area contributed by atoms with E-state index in [0.29, 0.717) is 17.1 Å². The second-order valence-electron chi connectivity index (χ2n) is 5.89. The van der Waals surface area contributed by atoms with Crippen LogP contribution in [0.25, 0.3) is 11.3 Å². The minimum atomic E-state index is -0.722. The van der Waals surface area contributed by atoms with E-state index < -0.39 is 22.3 Å². The predicted octanol–water partition coefficient (Wildman–Crippen LogP) is 3.49. The highest BCUT2D eigenvalue weighted by Gasteiger charge is 2.19. The SMILES string of the molecule is O=C(N/N=C\c1ccc(-c2ccc(F)cc2[N+](=O)[O-])o1)c1ccc2c(c1)OCO2. The fourth-order valence-electron chi connectivity index (χ4n) is 2.69. The largest absolute Gasteiger partial charge is 0.455 e. The molecule has 10 heteroatoms. The summed E-state index contributed by atoms with van der Waals surface area (Å²) in [7, 11) is 0. The van der Waals surface area contributed by atoms with Gasteiger partial charge in [0.1, 0.15) is 17.3 Å². The van der Waals surface area contributed by atoms with E-state index in [9.17, 15) is 19.3 Å². The van der Waals surface area contributed by atoms with Crippen molar-refractivity contribution >= 4 is 17.8 Å². The Kier molecular flexibility index (Phi) is 4.65. The van der Waals surface area contributed by atoms with Gasteiger partial charge in [-0.2, -0.15) is 5.10 Å². The highest BCUT2D eigenvalue weighted by atomic mass is 19.1. The molecule has 1 amide bonds. The van der Waals surface area contributed by atoms with E-state index in [1.165, 1.54) is 30.5 Å². The molecule has 0 radical (unpaired) electrons. The molecule has 2 heterocycles. The fourth-order valence-corrected chi connectivity index (χ4v) is 2.69. The predicted molar refractivity (Wildman–Crippen MR) is 98.4 cm³/mol. The van der Waals surface area contributed by atoms with E-state index in [1.54, 1.807) is 12.1 Å². The van der Waals surface area contributed by atoms with Gasteiger partial charge < -0.3 is 13.9 Å². The highest BCUT2D eigenvalue weighted by molar-refractivity contribution is 5.95. The first-order chi connectivity index (χ1) is 14.0. The maximum Gasteiger partial charge on any atom is 0.283 e. The van der Waals surface area contributed by atoms with Crippen LogP contribution in [0.3, 0.4) is 0 Å². The van der Waals surface area contributed by atoms with Gasteiger partial charge in [-0.1, -0.05) is 0 Å². The molecule has 1 N–H and O–H groups in total. The Morgan fingerprint density at radius 2 is 1.97 bits per heavy atom. The highest BCUT2D eigenvalue weighted by Crippen LogP contribution is 2.33. The molecular formula is C19H12FN3O6. The number of benzene rings is 2. The first kappa shape index (κ1) is 18.2. The standard InChI is InChI=1S/C19H12FN3O6/c20-12-2-4-14(15(8-12)23(25)26)16-6-3-13(29-16)9-21-22-19(24)11-1-5-17-18(7-11)28-10-27-17/h1-9H,10H2,(H,22,24)/b21-9-. The molecule has 0 aliphatic carbocycles. The van der Waals surface area contributed by atoms with Crippen LogP contribution in [0.5, 0.6) is 11.5 Å². The lowest BCUT2D eigenvalue weighted by Gasteiger charge is -2.01. The van der Waals surface area contributed by atoms with Crippen molar-refractivity contribution in [2.45, 2.75) is 0 Å². The maximum absolute atomic E-state index is 13.3. The summed E-state index contributed by atoms with van der Waals surface area (Å²) in [6.07, 6.45) is 1.24. The Labute approximate surface area is 162 Å². The number of hydrogen-bond donors (Lipinski definition) is 1. The van der Waals surface area contributed by atoms with Gasteiger partial charge >= 0.3 is 0 Å². The average molecular weight is 397 g/mol. The molecule has 4 rings (SSSR count). The Morgan fingerprint density at radius 3 is 2.79 bits per heavy atom. The smallest absolute Gasteiger partial charge is 0.283 e. The number of amides is 1.